The minimum absolute atomic E-state index is 0.105. The summed E-state index contributed by atoms with van der Waals surface area (Å²) >= 11 is 7.58. The Morgan fingerprint density at radius 3 is 1.20 bits per heavy atom. The van der Waals surface area contributed by atoms with Crippen molar-refractivity contribution in [2.45, 2.75) is 197 Å². The Kier molecular flexibility index (Phi) is 21.4. The van der Waals surface area contributed by atoms with Crippen LogP contribution < -0.4 is 0 Å². The predicted molar refractivity (Wildman–Crippen MR) is 539 cm³/mol. The average Bonchev–Trinajstić information content (AvgIpc) is 1.54. The number of hydrogen-bond donors (Lipinski definition) is 0. The van der Waals surface area contributed by atoms with E-state index in [1.54, 1.807) is 6.07 Å². The molecule has 0 saturated heterocycles. The quantitative estimate of drug-likeness (QED) is 0.152. The van der Waals surface area contributed by atoms with Crippen LogP contribution in [0.3, 0.4) is 0 Å². The van der Waals surface area contributed by atoms with Crippen LogP contribution in [0, 0.1) is 13.7 Å². The molecule has 0 N–H and O–H groups in total. The van der Waals surface area contributed by atoms with Crippen molar-refractivity contribution >= 4 is 192 Å². The van der Waals surface area contributed by atoms with Gasteiger partial charge in [-0.15, -0.1) is 45.3 Å². The zero-order valence-electron chi connectivity index (χ0n) is 80.0. The second-order valence-electron chi connectivity index (χ2n) is 39.2. The highest BCUT2D eigenvalue weighted by Gasteiger charge is 2.26. The number of furan rings is 3. The zero-order valence-corrected chi connectivity index (χ0v) is 77.3. The first-order valence-electron chi connectivity index (χ1n) is 45.2. The lowest BCUT2D eigenvalue weighted by molar-refractivity contribution is 0.573. The van der Waals surface area contributed by atoms with Crippen molar-refractivity contribution in [1.29, 1.82) is 0 Å². The number of para-hydroxylation sites is 4. The SMILES string of the molecule is CC(C)(C)c1ccc2c(c1)sc1ccccc12.CC(C)(C)c1ccc2sc3ccccc3c2c1.CC(C)(C)c1cccc2c1oc1ccccc12.CC(C)(C)c1cccc2c1sc1ccccc12.CC(C)(C)c1cccc2sc3ccccc3c12.[2H]C([2H])([2H])c1c(C(C)(C)C)ccc2oc3ccccc3c12.[2H]C([2H])([2H])c1cc2c(cc1C(C)(C)C)oc1ccccc12. The molecule has 21 aromatic rings. The maximum absolute atomic E-state index is 7.98. The normalized spacial score (nSPS) is 13.4. The minimum atomic E-state index is -2.17. The summed E-state index contributed by atoms with van der Waals surface area (Å²) in [5.41, 5.74) is 14.8. The molecule has 0 bridgehead atoms. The lowest BCUT2D eigenvalue weighted by atomic mass is 9.83. The van der Waals surface area contributed by atoms with Gasteiger partial charge in [0.25, 0.3) is 0 Å². The smallest absolute Gasteiger partial charge is 0.139 e. The van der Waals surface area contributed by atoms with Crippen LogP contribution in [-0.2, 0) is 37.9 Å². The summed E-state index contributed by atoms with van der Waals surface area (Å²) < 4.78 is 76.3. The van der Waals surface area contributed by atoms with E-state index in [1.807, 2.05) is 166 Å². The summed E-state index contributed by atoms with van der Waals surface area (Å²) in [4.78, 5) is 0. The fourth-order valence-electron chi connectivity index (χ4n) is 16.3. The number of benzene rings is 14. The Hall–Kier alpha value is -10.6. The van der Waals surface area contributed by atoms with Gasteiger partial charge in [-0.2, -0.15) is 0 Å². The van der Waals surface area contributed by atoms with Crippen molar-refractivity contribution in [3.8, 4) is 0 Å². The summed E-state index contributed by atoms with van der Waals surface area (Å²) in [5, 5.41) is 17.0. The van der Waals surface area contributed by atoms with Crippen molar-refractivity contribution in [1.82, 2.24) is 0 Å². The molecule has 14 aromatic carbocycles. The molecule has 21 rings (SSSR count). The fraction of sp³-hybridized carbons (Fsp3) is 0.263. The number of hydrogen-bond acceptors (Lipinski definition) is 7. The molecule has 121 heavy (non-hydrogen) atoms. The molecule has 0 atom stereocenters. The van der Waals surface area contributed by atoms with E-state index in [9.17, 15) is 0 Å². The van der Waals surface area contributed by atoms with E-state index in [-0.39, 0.29) is 37.9 Å². The van der Waals surface area contributed by atoms with Crippen molar-refractivity contribution < 1.29 is 21.5 Å². The van der Waals surface area contributed by atoms with E-state index in [0.717, 1.165) is 60.6 Å². The maximum atomic E-state index is 7.98. The van der Waals surface area contributed by atoms with Gasteiger partial charge in [-0.3, -0.25) is 0 Å². The molecule has 0 aliphatic rings. The number of aryl methyl sites for hydroxylation is 2. The van der Waals surface area contributed by atoms with Crippen molar-refractivity contribution in [3.05, 3.63) is 335 Å². The Morgan fingerprint density at radius 2 is 0.620 bits per heavy atom. The molecule has 7 heterocycles. The highest BCUT2D eigenvalue weighted by atomic mass is 32.1. The molecule has 7 aromatic heterocycles. The number of fused-ring (bicyclic) bond motifs is 21. The molecule has 3 nitrogen and oxygen atoms in total. The Morgan fingerprint density at radius 1 is 0.215 bits per heavy atom. The van der Waals surface area contributed by atoms with Gasteiger partial charge in [-0.25, -0.2) is 0 Å². The van der Waals surface area contributed by atoms with Gasteiger partial charge in [0, 0.05) is 127 Å². The van der Waals surface area contributed by atoms with Crippen LogP contribution >= 0.6 is 45.3 Å². The summed E-state index contributed by atoms with van der Waals surface area (Å²) in [7, 11) is 0. The first kappa shape index (κ1) is 77.7. The lowest BCUT2D eigenvalue weighted by Crippen LogP contribution is -2.12. The molecule has 0 radical (unpaired) electrons. The maximum Gasteiger partial charge on any atom is 0.139 e. The summed E-state index contributed by atoms with van der Waals surface area (Å²) in [6, 6.07) is 99.2. The third kappa shape index (κ3) is 17.9. The van der Waals surface area contributed by atoms with Gasteiger partial charge in [0.2, 0.25) is 0 Å². The second kappa shape index (κ2) is 33.3. The molecule has 0 aliphatic carbocycles. The summed E-state index contributed by atoms with van der Waals surface area (Å²) in [6.45, 7) is 41.8. The molecule has 0 spiro atoms. The van der Waals surface area contributed by atoms with Crippen LogP contribution in [0.2, 0.25) is 0 Å². The van der Waals surface area contributed by atoms with Crippen LogP contribution in [0.4, 0.5) is 0 Å². The Labute approximate surface area is 740 Å². The zero-order chi connectivity index (χ0) is 91.0. The Bertz CT molecular complexity index is 7430. The average molecular weight is 1670 g/mol. The Balaban J connectivity index is 0.000000114. The molecule has 614 valence electrons. The molecule has 0 fully saturated rings. The van der Waals surface area contributed by atoms with Crippen LogP contribution in [-0.4, -0.2) is 0 Å². The van der Waals surface area contributed by atoms with Gasteiger partial charge in [0.15, 0.2) is 0 Å². The monoisotopic (exact) mass is 1670 g/mol. The van der Waals surface area contributed by atoms with E-state index < -0.39 is 13.7 Å². The van der Waals surface area contributed by atoms with E-state index in [2.05, 4.69) is 304 Å². The third-order valence-corrected chi connectivity index (χ3v) is 27.4. The standard InChI is InChI=1S/2C17H18O.C16H16O.4C16H16S/c1-11-9-13-12-7-5-6-8-15(12)18-16(13)10-14(11)17(2,3)4;1-11-13(17(2,3)4)9-10-15-16(11)12-7-5-6-8-14(12)18-15;2*1-16(2,3)13-9-6-8-12-11-7-4-5-10-14(11)17-15(12)13;1-16(2,3)12-8-6-10-14-15(12)11-7-4-5-9-13(11)17-14;1-16(2,3)11-8-9-15-13(10-11)12-6-4-5-7-14(12)17-15;1-16(2,3)11-8-9-13-12-6-4-5-7-14(12)17-15(13)10-11/h2*5-10H,1-4H3;5*4-10H,1-3H3/i2*1D3;;;;;. The molecule has 0 unspecified atom stereocenters. The van der Waals surface area contributed by atoms with Gasteiger partial charge in [0.1, 0.15) is 33.5 Å². The predicted octanol–water partition coefficient (Wildman–Crippen LogP) is 36.7. The highest BCUT2D eigenvalue weighted by Crippen LogP contribution is 2.46. The van der Waals surface area contributed by atoms with Crippen molar-refractivity contribution in [3.63, 3.8) is 0 Å². The lowest BCUT2D eigenvalue weighted by Gasteiger charge is -2.21. The van der Waals surface area contributed by atoms with Crippen molar-refractivity contribution in [2.75, 3.05) is 0 Å². The second-order valence-corrected chi connectivity index (χ2v) is 43.5. The molecule has 7 heteroatoms. The molecule has 0 saturated carbocycles. The first-order valence-corrected chi connectivity index (χ1v) is 45.4. The largest absolute Gasteiger partial charge is 0.456 e. The topological polar surface area (TPSA) is 39.4 Å². The van der Waals surface area contributed by atoms with E-state index >= 15 is 0 Å². The van der Waals surface area contributed by atoms with Gasteiger partial charge in [-0.1, -0.05) is 346 Å². The molecular weight excluding hydrogens is 1550 g/mol. The van der Waals surface area contributed by atoms with Crippen molar-refractivity contribution in [2.24, 2.45) is 0 Å². The van der Waals surface area contributed by atoms with Crippen LogP contribution in [0.5, 0.6) is 0 Å². The van der Waals surface area contributed by atoms with E-state index in [4.69, 9.17) is 21.5 Å². The van der Waals surface area contributed by atoms with E-state index in [1.165, 1.54) is 119 Å². The van der Waals surface area contributed by atoms with Gasteiger partial charge >= 0.3 is 0 Å². The fourth-order valence-corrected chi connectivity index (χ4v) is 21.1. The summed E-state index contributed by atoms with van der Waals surface area (Å²) in [5.74, 6) is 0. The van der Waals surface area contributed by atoms with Gasteiger partial charge < -0.3 is 13.3 Å². The summed E-state index contributed by atoms with van der Waals surface area (Å²) in [6.07, 6.45) is 0. The van der Waals surface area contributed by atoms with Gasteiger partial charge in [-0.05, 0) is 181 Å². The molecule has 0 amide bonds. The third-order valence-electron chi connectivity index (χ3n) is 22.8. The molecular formula is C114H116O3S4. The van der Waals surface area contributed by atoms with Crippen LogP contribution in [0.15, 0.2) is 298 Å². The first-order chi connectivity index (χ1) is 59.7. The van der Waals surface area contributed by atoms with Crippen LogP contribution in [0.1, 0.15) is 204 Å². The number of thiophene rings is 4. The minimum Gasteiger partial charge on any atom is -0.456 e. The number of rotatable bonds is 0. The van der Waals surface area contributed by atoms with Gasteiger partial charge in [0.05, 0.1) is 0 Å². The molecule has 0 aliphatic heterocycles. The highest BCUT2D eigenvalue weighted by molar-refractivity contribution is 7.27. The van der Waals surface area contributed by atoms with Crippen LogP contribution in [0.25, 0.3) is 147 Å². The van der Waals surface area contributed by atoms with E-state index in [0.29, 0.717) is 16.7 Å².